The molecule has 0 saturated carbocycles. The fourth-order valence-electron chi connectivity index (χ4n) is 2.08. The molecule has 1 atom stereocenters. The molecular weight excluding hydrogens is 194 g/mol. The molecule has 0 heterocycles. The third kappa shape index (κ3) is 3.97. The highest BCUT2D eigenvalue weighted by molar-refractivity contribution is 5.31. The third-order valence-electron chi connectivity index (χ3n) is 3.29. The molecule has 1 rings (SSSR count). The highest BCUT2D eigenvalue weighted by Crippen LogP contribution is 2.15. The summed E-state index contributed by atoms with van der Waals surface area (Å²) in [5.41, 5.74) is 4.28. The van der Waals surface area contributed by atoms with Crippen LogP contribution < -0.4 is 5.32 Å². The molecule has 1 heteroatoms. The zero-order chi connectivity index (χ0) is 12.0. The number of hydrogen-bond acceptors (Lipinski definition) is 1. The summed E-state index contributed by atoms with van der Waals surface area (Å²) in [6, 6.07) is 7.38. The first-order valence-corrected chi connectivity index (χ1v) is 6.40. The molecule has 16 heavy (non-hydrogen) atoms. The molecule has 1 nitrogen and oxygen atoms in total. The summed E-state index contributed by atoms with van der Waals surface area (Å²) in [6.45, 7) is 6.63. The van der Waals surface area contributed by atoms with Crippen molar-refractivity contribution in [1.29, 1.82) is 0 Å². The van der Waals surface area contributed by atoms with Crippen LogP contribution in [0.1, 0.15) is 42.9 Å². The fraction of sp³-hybridized carbons (Fsp3) is 0.600. The molecule has 0 radical (unpaired) electrons. The number of unbranched alkanes of at least 4 members (excludes halogenated alkanes) is 1. The van der Waals surface area contributed by atoms with Gasteiger partial charge in [-0.25, -0.2) is 0 Å². The fourth-order valence-corrected chi connectivity index (χ4v) is 2.08. The lowest BCUT2D eigenvalue weighted by Gasteiger charge is -2.17. The van der Waals surface area contributed by atoms with Gasteiger partial charge < -0.3 is 5.32 Å². The van der Waals surface area contributed by atoms with Gasteiger partial charge in [-0.2, -0.15) is 0 Å². The largest absolute Gasteiger partial charge is 0.317 e. The average molecular weight is 219 g/mol. The molecule has 1 aromatic rings. The maximum atomic E-state index is 3.43. The Hall–Kier alpha value is -0.820. The Kier molecular flexibility index (Phi) is 5.54. The van der Waals surface area contributed by atoms with Crippen molar-refractivity contribution in [2.45, 2.75) is 52.5 Å². The van der Waals surface area contributed by atoms with Crippen molar-refractivity contribution >= 4 is 0 Å². The maximum absolute atomic E-state index is 3.43. The molecule has 0 spiro atoms. The van der Waals surface area contributed by atoms with E-state index in [0.717, 1.165) is 6.42 Å². The Labute approximate surface area is 100 Å². The first-order chi connectivity index (χ1) is 7.67. The van der Waals surface area contributed by atoms with E-state index in [-0.39, 0.29) is 0 Å². The Morgan fingerprint density at radius 1 is 1.25 bits per heavy atom. The van der Waals surface area contributed by atoms with Gasteiger partial charge in [0.05, 0.1) is 0 Å². The predicted molar refractivity (Wildman–Crippen MR) is 72.0 cm³/mol. The molecule has 0 amide bonds. The summed E-state index contributed by atoms with van der Waals surface area (Å²) < 4.78 is 0. The molecule has 1 aromatic carbocycles. The van der Waals surface area contributed by atoms with Crippen molar-refractivity contribution in [3.8, 4) is 0 Å². The number of rotatable bonds is 6. The van der Waals surface area contributed by atoms with Gasteiger partial charge in [0.25, 0.3) is 0 Å². The highest BCUT2D eigenvalue weighted by atomic mass is 14.9. The van der Waals surface area contributed by atoms with Gasteiger partial charge in [0, 0.05) is 6.04 Å². The number of likely N-dealkylation sites (N-methyl/N-ethyl adjacent to an activating group) is 1. The highest BCUT2D eigenvalue weighted by Gasteiger charge is 2.08. The molecule has 0 fully saturated rings. The Morgan fingerprint density at radius 3 is 2.62 bits per heavy atom. The van der Waals surface area contributed by atoms with E-state index in [4.69, 9.17) is 0 Å². The molecule has 0 bridgehead atoms. The molecular formula is C15H25N. The van der Waals surface area contributed by atoms with Gasteiger partial charge in [0.15, 0.2) is 0 Å². The van der Waals surface area contributed by atoms with E-state index in [1.165, 1.54) is 36.0 Å². The van der Waals surface area contributed by atoms with Gasteiger partial charge in [-0.15, -0.1) is 0 Å². The minimum absolute atomic E-state index is 0.625. The SMILES string of the molecule is CCCCC(Cc1cc(C)ccc1C)NC. The van der Waals surface area contributed by atoms with E-state index < -0.39 is 0 Å². The van der Waals surface area contributed by atoms with Crippen molar-refractivity contribution < 1.29 is 0 Å². The smallest absolute Gasteiger partial charge is 0.0105 e. The van der Waals surface area contributed by atoms with Crippen molar-refractivity contribution in [1.82, 2.24) is 5.32 Å². The summed E-state index contributed by atoms with van der Waals surface area (Å²) >= 11 is 0. The number of hydrogen-bond donors (Lipinski definition) is 1. The normalized spacial score (nSPS) is 12.8. The van der Waals surface area contributed by atoms with Crippen LogP contribution in [0, 0.1) is 13.8 Å². The van der Waals surface area contributed by atoms with E-state index in [1.807, 2.05) is 0 Å². The van der Waals surface area contributed by atoms with Gasteiger partial charge >= 0.3 is 0 Å². The summed E-state index contributed by atoms with van der Waals surface area (Å²) in [7, 11) is 2.07. The van der Waals surface area contributed by atoms with Crippen LogP contribution in [0.15, 0.2) is 18.2 Å². The molecule has 0 saturated heterocycles. The Bertz CT molecular complexity index is 317. The predicted octanol–water partition coefficient (Wildman–Crippen LogP) is 3.62. The third-order valence-corrected chi connectivity index (χ3v) is 3.29. The van der Waals surface area contributed by atoms with Crippen LogP contribution in [-0.2, 0) is 6.42 Å². The number of benzene rings is 1. The first kappa shape index (κ1) is 13.2. The zero-order valence-electron chi connectivity index (χ0n) is 11.1. The molecule has 0 aliphatic carbocycles. The van der Waals surface area contributed by atoms with Gasteiger partial charge in [0.2, 0.25) is 0 Å². The van der Waals surface area contributed by atoms with Gasteiger partial charge in [-0.3, -0.25) is 0 Å². The second-order valence-corrected chi connectivity index (χ2v) is 4.76. The summed E-state index contributed by atoms with van der Waals surface area (Å²) in [5, 5.41) is 3.43. The standard InChI is InChI=1S/C15H25N/c1-5-6-7-15(16-4)11-14-10-12(2)8-9-13(14)3/h8-10,15-16H,5-7,11H2,1-4H3. The van der Waals surface area contributed by atoms with Crippen LogP contribution in [0.3, 0.4) is 0 Å². The topological polar surface area (TPSA) is 12.0 Å². The van der Waals surface area contributed by atoms with Crippen molar-refractivity contribution in [3.63, 3.8) is 0 Å². The molecule has 1 N–H and O–H groups in total. The minimum Gasteiger partial charge on any atom is -0.317 e. The lowest BCUT2D eigenvalue weighted by Crippen LogP contribution is -2.27. The van der Waals surface area contributed by atoms with Gasteiger partial charge in [-0.1, -0.05) is 43.5 Å². The summed E-state index contributed by atoms with van der Waals surface area (Å²) in [6.07, 6.45) is 5.03. The van der Waals surface area contributed by atoms with Crippen molar-refractivity contribution in [3.05, 3.63) is 34.9 Å². The molecule has 0 aliphatic rings. The van der Waals surface area contributed by atoms with Crippen LogP contribution >= 0.6 is 0 Å². The van der Waals surface area contributed by atoms with E-state index in [0.29, 0.717) is 6.04 Å². The van der Waals surface area contributed by atoms with Crippen LogP contribution in [0.2, 0.25) is 0 Å². The lowest BCUT2D eigenvalue weighted by atomic mass is 9.96. The van der Waals surface area contributed by atoms with Crippen molar-refractivity contribution in [2.75, 3.05) is 7.05 Å². The Morgan fingerprint density at radius 2 is 2.00 bits per heavy atom. The summed E-state index contributed by atoms with van der Waals surface area (Å²) in [5.74, 6) is 0. The monoisotopic (exact) mass is 219 g/mol. The molecule has 0 aliphatic heterocycles. The average Bonchev–Trinajstić information content (AvgIpc) is 2.28. The van der Waals surface area contributed by atoms with Crippen LogP contribution in [0.4, 0.5) is 0 Å². The quantitative estimate of drug-likeness (QED) is 0.770. The second-order valence-electron chi connectivity index (χ2n) is 4.76. The van der Waals surface area contributed by atoms with Crippen LogP contribution in [0.25, 0.3) is 0 Å². The van der Waals surface area contributed by atoms with Crippen molar-refractivity contribution in [2.24, 2.45) is 0 Å². The van der Waals surface area contributed by atoms with E-state index in [9.17, 15) is 0 Å². The first-order valence-electron chi connectivity index (χ1n) is 6.40. The lowest BCUT2D eigenvalue weighted by molar-refractivity contribution is 0.498. The van der Waals surface area contributed by atoms with Gasteiger partial charge in [-0.05, 0) is 44.9 Å². The second kappa shape index (κ2) is 6.70. The molecule has 0 aromatic heterocycles. The van der Waals surface area contributed by atoms with E-state index in [1.54, 1.807) is 0 Å². The van der Waals surface area contributed by atoms with E-state index >= 15 is 0 Å². The Balaban J connectivity index is 2.65. The minimum atomic E-state index is 0.625. The van der Waals surface area contributed by atoms with Gasteiger partial charge in [0.1, 0.15) is 0 Å². The zero-order valence-corrected chi connectivity index (χ0v) is 11.1. The van der Waals surface area contributed by atoms with Crippen LogP contribution in [0.5, 0.6) is 0 Å². The van der Waals surface area contributed by atoms with E-state index in [2.05, 4.69) is 51.3 Å². The molecule has 90 valence electrons. The molecule has 1 unspecified atom stereocenters. The summed E-state index contributed by atoms with van der Waals surface area (Å²) in [4.78, 5) is 0. The maximum Gasteiger partial charge on any atom is 0.0105 e. The number of aryl methyl sites for hydroxylation is 2. The number of nitrogens with one attached hydrogen (secondary N) is 1. The van der Waals surface area contributed by atoms with Crippen LogP contribution in [-0.4, -0.2) is 13.1 Å².